The van der Waals surface area contributed by atoms with Gasteiger partial charge in [0.1, 0.15) is 22.6 Å². The lowest BCUT2D eigenvalue weighted by molar-refractivity contribution is 0.102. The van der Waals surface area contributed by atoms with E-state index in [-0.39, 0.29) is 16.9 Å². The van der Waals surface area contributed by atoms with E-state index in [0.717, 1.165) is 0 Å². The van der Waals surface area contributed by atoms with Crippen molar-refractivity contribution in [2.24, 2.45) is 0 Å². The fourth-order valence-electron chi connectivity index (χ4n) is 2.26. The third-order valence-electron chi connectivity index (χ3n) is 3.39. The van der Waals surface area contributed by atoms with E-state index < -0.39 is 11.5 Å². The van der Waals surface area contributed by atoms with Crippen molar-refractivity contribution in [3.63, 3.8) is 0 Å². The summed E-state index contributed by atoms with van der Waals surface area (Å²) in [5, 5.41) is 12.6. The number of phenolic OH excluding ortho intramolecular Hbond substituents is 1. The number of amides is 1. The number of anilines is 1. The summed E-state index contributed by atoms with van der Waals surface area (Å²) in [6.07, 6.45) is 0. The van der Waals surface area contributed by atoms with E-state index in [1.165, 1.54) is 18.2 Å². The minimum atomic E-state index is -0.767. The van der Waals surface area contributed by atoms with Gasteiger partial charge < -0.3 is 19.6 Å². The second kappa shape index (κ2) is 6.45. The molecule has 0 spiro atoms. The second-order valence-electron chi connectivity index (χ2n) is 5.08. The van der Waals surface area contributed by atoms with Gasteiger partial charge in [-0.15, -0.1) is 0 Å². The zero-order chi connectivity index (χ0) is 17.1. The van der Waals surface area contributed by atoms with Gasteiger partial charge in [-0.1, -0.05) is 0 Å². The molecule has 0 aliphatic carbocycles. The van der Waals surface area contributed by atoms with Crippen molar-refractivity contribution < 1.29 is 19.1 Å². The second-order valence-corrected chi connectivity index (χ2v) is 5.08. The van der Waals surface area contributed by atoms with Crippen molar-refractivity contribution in [1.82, 2.24) is 0 Å². The van der Waals surface area contributed by atoms with Crippen LogP contribution in [0, 0.1) is 0 Å². The Hall–Kier alpha value is -3.28. The summed E-state index contributed by atoms with van der Waals surface area (Å²) in [7, 11) is 0. The molecule has 122 valence electrons. The fourth-order valence-corrected chi connectivity index (χ4v) is 2.26. The zero-order valence-electron chi connectivity index (χ0n) is 12.9. The topological polar surface area (TPSA) is 88.8 Å². The Morgan fingerprint density at radius 1 is 1.17 bits per heavy atom. The molecule has 0 atom stereocenters. The van der Waals surface area contributed by atoms with Crippen LogP contribution in [0.15, 0.2) is 57.7 Å². The van der Waals surface area contributed by atoms with Gasteiger partial charge in [-0.2, -0.15) is 0 Å². The highest BCUT2D eigenvalue weighted by atomic mass is 16.5. The summed E-state index contributed by atoms with van der Waals surface area (Å²) in [5.41, 5.74) is -0.120. The molecular formula is C18H15NO5. The third kappa shape index (κ3) is 3.22. The Balaban J connectivity index is 1.86. The molecule has 1 aromatic heterocycles. The SMILES string of the molecule is CCOc1ccc(NC(=O)c2cc3ccc(O)cc3oc2=O)cc1. The van der Waals surface area contributed by atoms with Gasteiger partial charge in [-0.3, -0.25) is 4.79 Å². The van der Waals surface area contributed by atoms with Gasteiger partial charge in [-0.25, -0.2) is 4.79 Å². The number of hydrogen-bond acceptors (Lipinski definition) is 5. The molecule has 1 amide bonds. The van der Waals surface area contributed by atoms with Gasteiger partial charge in [-0.05, 0) is 49.4 Å². The van der Waals surface area contributed by atoms with E-state index >= 15 is 0 Å². The number of phenols is 1. The minimum absolute atomic E-state index is 0.0164. The smallest absolute Gasteiger partial charge is 0.349 e. The van der Waals surface area contributed by atoms with E-state index in [0.29, 0.717) is 23.4 Å². The molecule has 6 nitrogen and oxygen atoms in total. The molecule has 0 aliphatic rings. The average molecular weight is 325 g/mol. The summed E-state index contributed by atoms with van der Waals surface area (Å²) in [4.78, 5) is 24.3. The highest BCUT2D eigenvalue weighted by Gasteiger charge is 2.14. The van der Waals surface area contributed by atoms with Crippen molar-refractivity contribution in [3.8, 4) is 11.5 Å². The van der Waals surface area contributed by atoms with E-state index in [1.807, 2.05) is 6.92 Å². The van der Waals surface area contributed by atoms with E-state index in [9.17, 15) is 14.7 Å². The predicted molar refractivity (Wildman–Crippen MR) is 89.7 cm³/mol. The van der Waals surface area contributed by atoms with Gasteiger partial charge in [0, 0.05) is 17.1 Å². The summed E-state index contributed by atoms with van der Waals surface area (Å²) < 4.78 is 10.4. The Bertz CT molecular complexity index is 944. The van der Waals surface area contributed by atoms with Crippen molar-refractivity contribution in [3.05, 3.63) is 64.5 Å². The third-order valence-corrected chi connectivity index (χ3v) is 3.39. The summed E-state index contributed by atoms with van der Waals surface area (Å²) in [6.45, 7) is 2.44. The van der Waals surface area contributed by atoms with Crippen LogP contribution in [-0.2, 0) is 0 Å². The average Bonchev–Trinajstić information content (AvgIpc) is 2.56. The molecule has 2 N–H and O–H groups in total. The van der Waals surface area contributed by atoms with Crippen LogP contribution >= 0.6 is 0 Å². The zero-order valence-corrected chi connectivity index (χ0v) is 12.9. The maximum Gasteiger partial charge on any atom is 0.349 e. The molecule has 1 heterocycles. The van der Waals surface area contributed by atoms with Gasteiger partial charge >= 0.3 is 5.63 Å². The predicted octanol–water partition coefficient (Wildman–Crippen LogP) is 3.15. The summed E-state index contributed by atoms with van der Waals surface area (Å²) >= 11 is 0. The summed E-state index contributed by atoms with van der Waals surface area (Å²) in [5.74, 6) is 0.112. The molecule has 0 unspecified atom stereocenters. The van der Waals surface area contributed by atoms with Crippen LogP contribution in [0.2, 0.25) is 0 Å². The largest absolute Gasteiger partial charge is 0.508 e. The van der Waals surface area contributed by atoms with Crippen LogP contribution in [0.3, 0.4) is 0 Å². The maximum atomic E-state index is 12.3. The molecule has 3 rings (SSSR count). The molecule has 24 heavy (non-hydrogen) atoms. The highest BCUT2D eigenvalue weighted by Crippen LogP contribution is 2.20. The highest BCUT2D eigenvalue weighted by molar-refractivity contribution is 6.05. The van der Waals surface area contributed by atoms with Gasteiger partial charge in [0.25, 0.3) is 5.91 Å². The summed E-state index contributed by atoms with van der Waals surface area (Å²) in [6, 6.07) is 12.6. The van der Waals surface area contributed by atoms with Gasteiger partial charge in [0.15, 0.2) is 0 Å². The van der Waals surface area contributed by atoms with Gasteiger partial charge in [0.2, 0.25) is 0 Å². The van der Waals surface area contributed by atoms with Crippen molar-refractivity contribution in [2.75, 3.05) is 11.9 Å². The van der Waals surface area contributed by atoms with E-state index in [4.69, 9.17) is 9.15 Å². The van der Waals surface area contributed by atoms with Crippen molar-refractivity contribution in [1.29, 1.82) is 0 Å². The molecular weight excluding hydrogens is 310 g/mol. The molecule has 0 aliphatic heterocycles. The van der Waals surface area contributed by atoms with Gasteiger partial charge in [0.05, 0.1) is 6.61 Å². The molecule has 0 fully saturated rings. The molecule has 0 saturated carbocycles. The quantitative estimate of drug-likeness (QED) is 0.719. The fraction of sp³-hybridized carbons (Fsp3) is 0.111. The number of carbonyl (C=O) groups excluding carboxylic acids is 1. The number of ether oxygens (including phenoxy) is 1. The Labute approximate surface area is 137 Å². The lowest BCUT2D eigenvalue weighted by Gasteiger charge is -2.07. The lowest BCUT2D eigenvalue weighted by Crippen LogP contribution is -2.20. The molecule has 6 heteroatoms. The number of aromatic hydroxyl groups is 1. The number of carbonyl (C=O) groups is 1. The monoisotopic (exact) mass is 325 g/mol. The first-order valence-electron chi connectivity index (χ1n) is 7.38. The first-order valence-corrected chi connectivity index (χ1v) is 7.38. The Morgan fingerprint density at radius 3 is 2.62 bits per heavy atom. The number of fused-ring (bicyclic) bond motifs is 1. The minimum Gasteiger partial charge on any atom is -0.508 e. The van der Waals surface area contributed by atoms with Crippen LogP contribution < -0.4 is 15.7 Å². The van der Waals surface area contributed by atoms with Crippen LogP contribution in [0.25, 0.3) is 11.0 Å². The van der Waals surface area contributed by atoms with Crippen LogP contribution in [0.4, 0.5) is 5.69 Å². The van der Waals surface area contributed by atoms with Crippen LogP contribution in [-0.4, -0.2) is 17.6 Å². The van der Waals surface area contributed by atoms with Crippen molar-refractivity contribution >= 4 is 22.6 Å². The van der Waals surface area contributed by atoms with E-state index in [2.05, 4.69) is 5.32 Å². The molecule has 0 radical (unpaired) electrons. The van der Waals surface area contributed by atoms with Crippen LogP contribution in [0.1, 0.15) is 17.3 Å². The van der Waals surface area contributed by atoms with Crippen LogP contribution in [0.5, 0.6) is 11.5 Å². The Morgan fingerprint density at radius 2 is 1.92 bits per heavy atom. The molecule has 0 saturated heterocycles. The molecule has 0 bridgehead atoms. The standard InChI is InChI=1S/C18H15NO5/c1-2-23-14-7-4-12(5-8-14)19-17(21)15-9-11-3-6-13(20)10-16(11)24-18(15)22/h3-10,20H,2H2,1H3,(H,19,21). The Kier molecular flexibility index (Phi) is 4.20. The number of hydrogen-bond donors (Lipinski definition) is 2. The number of rotatable bonds is 4. The molecule has 3 aromatic rings. The molecule has 2 aromatic carbocycles. The normalized spacial score (nSPS) is 10.5. The number of nitrogens with one attached hydrogen (secondary N) is 1. The van der Waals surface area contributed by atoms with Crippen molar-refractivity contribution in [2.45, 2.75) is 6.92 Å². The first kappa shape index (κ1) is 15.6. The maximum absolute atomic E-state index is 12.3. The number of benzene rings is 2. The van der Waals surface area contributed by atoms with E-state index in [1.54, 1.807) is 30.3 Å². The lowest BCUT2D eigenvalue weighted by atomic mass is 10.1. The first-order chi connectivity index (χ1) is 11.6.